The molecule has 0 aliphatic rings. The Morgan fingerprint density at radius 1 is 1.27 bits per heavy atom. The fraction of sp³-hybridized carbons (Fsp3) is 0.167. The Balaban J connectivity index is 2.59. The van der Waals surface area contributed by atoms with Crippen LogP contribution in [0.5, 0.6) is 0 Å². The standard InChI is InChI=1S/C12H10O3/c1-15-12(14)9-11(13)8-7-10-5-3-2-4-6-10/h2-6H,9H2,1H3. The molecule has 15 heavy (non-hydrogen) atoms. The van der Waals surface area contributed by atoms with E-state index in [1.54, 1.807) is 12.1 Å². The molecule has 1 rings (SSSR count). The zero-order chi connectivity index (χ0) is 11.1. The van der Waals surface area contributed by atoms with Gasteiger partial charge in [0.05, 0.1) is 7.11 Å². The average molecular weight is 202 g/mol. The second kappa shape index (κ2) is 5.61. The molecule has 0 spiro atoms. The van der Waals surface area contributed by atoms with E-state index < -0.39 is 11.8 Å². The average Bonchev–Trinajstić information content (AvgIpc) is 2.27. The highest BCUT2D eigenvalue weighted by atomic mass is 16.5. The van der Waals surface area contributed by atoms with Crippen LogP contribution in [-0.4, -0.2) is 18.9 Å². The van der Waals surface area contributed by atoms with Crippen LogP contribution in [0.1, 0.15) is 12.0 Å². The van der Waals surface area contributed by atoms with Gasteiger partial charge >= 0.3 is 5.97 Å². The van der Waals surface area contributed by atoms with Crippen molar-refractivity contribution in [1.82, 2.24) is 0 Å². The van der Waals surface area contributed by atoms with E-state index in [1.165, 1.54) is 7.11 Å². The van der Waals surface area contributed by atoms with Gasteiger partial charge in [0.1, 0.15) is 6.42 Å². The number of carbonyl (C=O) groups is 2. The summed E-state index contributed by atoms with van der Waals surface area (Å²) in [6, 6.07) is 9.10. The number of hydrogen-bond donors (Lipinski definition) is 0. The minimum Gasteiger partial charge on any atom is -0.469 e. The van der Waals surface area contributed by atoms with Crippen LogP contribution in [0.3, 0.4) is 0 Å². The monoisotopic (exact) mass is 202 g/mol. The van der Waals surface area contributed by atoms with Crippen molar-refractivity contribution in [3.63, 3.8) is 0 Å². The summed E-state index contributed by atoms with van der Waals surface area (Å²) in [5, 5.41) is 0. The van der Waals surface area contributed by atoms with E-state index in [9.17, 15) is 9.59 Å². The lowest BCUT2D eigenvalue weighted by Gasteiger charge is -1.91. The Bertz CT molecular complexity index is 409. The fourth-order valence-corrected chi connectivity index (χ4v) is 0.911. The molecule has 0 saturated carbocycles. The van der Waals surface area contributed by atoms with Crippen LogP contribution in [0.15, 0.2) is 30.3 Å². The number of hydrogen-bond acceptors (Lipinski definition) is 3. The third-order valence-electron chi connectivity index (χ3n) is 1.65. The van der Waals surface area contributed by atoms with Crippen molar-refractivity contribution in [2.75, 3.05) is 7.11 Å². The molecule has 0 saturated heterocycles. The zero-order valence-electron chi connectivity index (χ0n) is 8.32. The molecule has 0 atom stereocenters. The highest BCUT2D eigenvalue weighted by Crippen LogP contribution is 1.95. The predicted octanol–water partition coefficient (Wildman–Crippen LogP) is 1.17. The fourth-order valence-electron chi connectivity index (χ4n) is 0.911. The Morgan fingerprint density at radius 3 is 2.53 bits per heavy atom. The van der Waals surface area contributed by atoms with Gasteiger partial charge < -0.3 is 4.74 Å². The Morgan fingerprint density at radius 2 is 1.93 bits per heavy atom. The van der Waals surface area contributed by atoms with Crippen molar-refractivity contribution >= 4 is 11.8 Å². The molecular formula is C12H10O3. The van der Waals surface area contributed by atoms with Crippen molar-refractivity contribution in [1.29, 1.82) is 0 Å². The number of rotatable bonds is 2. The highest BCUT2D eigenvalue weighted by Gasteiger charge is 2.05. The quantitative estimate of drug-likeness (QED) is 0.411. The Hall–Kier alpha value is -2.08. The topological polar surface area (TPSA) is 43.4 Å². The van der Waals surface area contributed by atoms with Crippen molar-refractivity contribution in [3.8, 4) is 11.8 Å². The molecule has 0 aliphatic heterocycles. The third-order valence-corrected chi connectivity index (χ3v) is 1.65. The van der Waals surface area contributed by atoms with Crippen LogP contribution < -0.4 is 0 Å². The lowest BCUT2D eigenvalue weighted by Crippen LogP contribution is -2.06. The van der Waals surface area contributed by atoms with Gasteiger partial charge in [0.15, 0.2) is 0 Å². The maximum absolute atomic E-state index is 11.1. The first kappa shape index (κ1) is 11.0. The van der Waals surface area contributed by atoms with Crippen LogP contribution in [0.25, 0.3) is 0 Å². The van der Waals surface area contributed by atoms with E-state index in [2.05, 4.69) is 16.6 Å². The molecular weight excluding hydrogens is 192 g/mol. The number of benzene rings is 1. The molecule has 0 fully saturated rings. The number of ketones is 1. The van der Waals surface area contributed by atoms with Gasteiger partial charge in [-0.3, -0.25) is 9.59 Å². The molecule has 0 N–H and O–H groups in total. The smallest absolute Gasteiger partial charge is 0.314 e. The van der Waals surface area contributed by atoms with Crippen LogP contribution >= 0.6 is 0 Å². The Kier molecular flexibility index (Phi) is 4.11. The summed E-state index contributed by atoms with van der Waals surface area (Å²) >= 11 is 0. The number of methoxy groups -OCH3 is 1. The Labute approximate surface area is 88.1 Å². The van der Waals surface area contributed by atoms with E-state index in [1.807, 2.05) is 18.2 Å². The van der Waals surface area contributed by atoms with Gasteiger partial charge in [-0.25, -0.2) is 0 Å². The lowest BCUT2D eigenvalue weighted by molar-refractivity contribution is -0.142. The van der Waals surface area contributed by atoms with E-state index in [4.69, 9.17) is 0 Å². The maximum Gasteiger partial charge on any atom is 0.314 e. The molecule has 1 aromatic rings. The first-order chi connectivity index (χ1) is 7.22. The maximum atomic E-state index is 11.1. The van der Waals surface area contributed by atoms with Crippen molar-refractivity contribution in [2.24, 2.45) is 0 Å². The van der Waals surface area contributed by atoms with E-state index in [0.717, 1.165) is 5.56 Å². The number of carbonyl (C=O) groups excluding carboxylic acids is 2. The van der Waals surface area contributed by atoms with Crippen LogP contribution in [0, 0.1) is 11.8 Å². The molecule has 0 bridgehead atoms. The van der Waals surface area contributed by atoms with Gasteiger partial charge in [-0.1, -0.05) is 24.1 Å². The summed E-state index contributed by atoms with van der Waals surface area (Å²) in [6.07, 6.45) is -0.295. The highest BCUT2D eigenvalue weighted by molar-refractivity contribution is 6.05. The van der Waals surface area contributed by atoms with E-state index in [0.29, 0.717) is 0 Å². The summed E-state index contributed by atoms with van der Waals surface area (Å²) in [4.78, 5) is 21.8. The molecule has 3 nitrogen and oxygen atoms in total. The zero-order valence-corrected chi connectivity index (χ0v) is 8.32. The largest absolute Gasteiger partial charge is 0.469 e. The minimum absolute atomic E-state index is 0.295. The second-order valence-corrected chi connectivity index (χ2v) is 2.79. The summed E-state index contributed by atoms with van der Waals surface area (Å²) < 4.78 is 4.35. The lowest BCUT2D eigenvalue weighted by atomic mass is 10.2. The molecule has 3 heteroatoms. The first-order valence-electron chi connectivity index (χ1n) is 4.39. The summed E-state index contributed by atoms with van der Waals surface area (Å²) in [5.41, 5.74) is 0.746. The van der Waals surface area contributed by atoms with Crippen LogP contribution in [0.4, 0.5) is 0 Å². The predicted molar refractivity (Wildman–Crippen MR) is 55.0 cm³/mol. The third kappa shape index (κ3) is 4.10. The van der Waals surface area contributed by atoms with Gasteiger partial charge in [0.2, 0.25) is 5.78 Å². The minimum atomic E-state index is -0.567. The van der Waals surface area contributed by atoms with Crippen molar-refractivity contribution < 1.29 is 14.3 Å². The number of Topliss-reactive ketones (excluding diaryl/α,β-unsaturated/α-hetero) is 1. The first-order valence-corrected chi connectivity index (χ1v) is 4.39. The number of ether oxygens (including phenoxy) is 1. The van der Waals surface area contributed by atoms with Crippen molar-refractivity contribution in [2.45, 2.75) is 6.42 Å². The van der Waals surface area contributed by atoms with Crippen LogP contribution in [0.2, 0.25) is 0 Å². The van der Waals surface area contributed by atoms with Crippen molar-refractivity contribution in [3.05, 3.63) is 35.9 Å². The molecule has 0 amide bonds. The molecule has 0 heterocycles. The molecule has 0 aromatic heterocycles. The van der Waals surface area contributed by atoms with Gasteiger partial charge in [-0.2, -0.15) is 0 Å². The second-order valence-electron chi connectivity index (χ2n) is 2.79. The SMILES string of the molecule is COC(=O)CC(=O)C#Cc1ccccc1. The molecule has 0 radical (unpaired) electrons. The molecule has 76 valence electrons. The number of esters is 1. The van der Waals surface area contributed by atoms with Gasteiger partial charge in [0.25, 0.3) is 0 Å². The molecule has 1 aromatic carbocycles. The summed E-state index contributed by atoms with van der Waals surface area (Å²) in [5.74, 6) is 4.03. The van der Waals surface area contributed by atoms with E-state index >= 15 is 0 Å². The molecule has 0 aliphatic carbocycles. The summed E-state index contributed by atoms with van der Waals surface area (Å²) in [7, 11) is 1.24. The molecule has 0 unspecified atom stereocenters. The summed E-state index contributed by atoms with van der Waals surface area (Å²) in [6.45, 7) is 0. The van der Waals surface area contributed by atoms with Gasteiger partial charge in [-0.15, -0.1) is 0 Å². The van der Waals surface area contributed by atoms with Gasteiger partial charge in [0, 0.05) is 5.56 Å². The van der Waals surface area contributed by atoms with Crippen LogP contribution in [-0.2, 0) is 14.3 Å². The normalized spacial score (nSPS) is 8.60. The van der Waals surface area contributed by atoms with Gasteiger partial charge in [-0.05, 0) is 18.1 Å². The van der Waals surface area contributed by atoms with E-state index in [-0.39, 0.29) is 6.42 Å².